The molecule has 0 bridgehead atoms. The lowest BCUT2D eigenvalue weighted by Crippen LogP contribution is -2.40. The lowest BCUT2D eigenvalue weighted by atomic mass is 10.1. The molecule has 2 aromatic rings. The highest BCUT2D eigenvalue weighted by atomic mass is 32.1. The normalized spacial score (nSPS) is 13.5. The van der Waals surface area contributed by atoms with Gasteiger partial charge in [0.1, 0.15) is 5.75 Å². The minimum Gasteiger partial charge on any atom is -0.484 e. The Morgan fingerprint density at radius 1 is 1.10 bits per heavy atom. The number of hydrogen-bond acceptors (Lipinski definition) is 5. The molecule has 0 atom stereocenters. The first-order chi connectivity index (χ1) is 14.4. The Balaban J connectivity index is 1.50. The summed E-state index contributed by atoms with van der Waals surface area (Å²) < 4.78 is 10.8. The van der Waals surface area contributed by atoms with Gasteiger partial charge in [-0.1, -0.05) is 12.1 Å². The summed E-state index contributed by atoms with van der Waals surface area (Å²) in [4.78, 5) is 26.5. The molecule has 1 heterocycles. The van der Waals surface area contributed by atoms with Gasteiger partial charge >= 0.3 is 0 Å². The van der Waals surface area contributed by atoms with Crippen molar-refractivity contribution in [3.05, 3.63) is 59.2 Å². The molecule has 0 aromatic heterocycles. The predicted molar refractivity (Wildman–Crippen MR) is 119 cm³/mol. The van der Waals surface area contributed by atoms with Crippen molar-refractivity contribution in [2.24, 2.45) is 0 Å². The average molecular weight is 428 g/mol. The topological polar surface area (TPSA) is 79.9 Å². The van der Waals surface area contributed by atoms with Crippen molar-refractivity contribution in [2.45, 2.75) is 13.8 Å². The molecule has 2 N–H and O–H groups in total. The van der Waals surface area contributed by atoms with Gasteiger partial charge in [-0.15, -0.1) is 0 Å². The zero-order valence-corrected chi connectivity index (χ0v) is 17.9. The van der Waals surface area contributed by atoms with Crippen LogP contribution in [-0.4, -0.2) is 54.7 Å². The molecule has 0 spiro atoms. The molecule has 8 heteroatoms. The number of nitrogens with one attached hydrogen (secondary N) is 2. The summed E-state index contributed by atoms with van der Waals surface area (Å²) in [5.41, 5.74) is 3.42. The SMILES string of the molecule is Cc1ccc(OCC(=O)NC(=S)Nc2cccc(C(=O)N3CCOCC3)c2)cc1C. The van der Waals surface area contributed by atoms with E-state index in [9.17, 15) is 9.59 Å². The number of benzene rings is 2. The van der Waals surface area contributed by atoms with Crippen LogP contribution in [0, 0.1) is 13.8 Å². The molecule has 0 unspecified atom stereocenters. The number of anilines is 1. The van der Waals surface area contributed by atoms with Gasteiger partial charge in [-0.05, 0) is 67.5 Å². The van der Waals surface area contributed by atoms with Gasteiger partial charge in [-0.3, -0.25) is 14.9 Å². The van der Waals surface area contributed by atoms with Gasteiger partial charge in [0.15, 0.2) is 11.7 Å². The molecule has 3 rings (SSSR count). The fraction of sp³-hybridized carbons (Fsp3) is 0.318. The maximum atomic E-state index is 12.6. The number of carbonyl (C=O) groups excluding carboxylic acids is 2. The van der Waals surface area contributed by atoms with Crippen LogP contribution in [0.4, 0.5) is 5.69 Å². The van der Waals surface area contributed by atoms with Gasteiger partial charge < -0.3 is 19.7 Å². The largest absolute Gasteiger partial charge is 0.484 e. The van der Waals surface area contributed by atoms with Gasteiger partial charge in [-0.25, -0.2) is 0 Å². The van der Waals surface area contributed by atoms with E-state index in [2.05, 4.69) is 10.6 Å². The minimum absolute atomic E-state index is 0.0568. The Labute approximate surface area is 181 Å². The van der Waals surface area contributed by atoms with Gasteiger partial charge in [0.05, 0.1) is 13.2 Å². The van der Waals surface area contributed by atoms with E-state index in [-0.39, 0.29) is 23.5 Å². The highest BCUT2D eigenvalue weighted by molar-refractivity contribution is 7.80. The summed E-state index contributed by atoms with van der Waals surface area (Å²) in [5.74, 6) is 0.200. The van der Waals surface area contributed by atoms with Crippen molar-refractivity contribution >= 4 is 34.8 Å². The molecule has 30 heavy (non-hydrogen) atoms. The lowest BCUT2D eigenvalue weighted by Gasteiger charge is -2.27. The molecular formula is C22H25N3O4S. The Bertz CT molecular complexity index is 942. The summed E-state index contributed by atoms with van der Waals surface area (Å²) in [7, 11) is 0. The van der Waals surface area contributed by atoms with E-state index in [1.54, 1.807) is 29.2 Å². The first kappa shape index (κ1) is 21.7. The summed E-state index contributed by atoms with van der Waals surface area (Å²) in [6.07, 6.45) is 0. The number of morpholine rings is 1. The number of ether oxygens (including phenoxy) is 2. The quantitative estimate of drug-likeness (QED) is 0.715. The number of aryl methyl sites for hydroxylation is 2. The van der Waals surface area contributed by atoms with E-state index >= 15 is 0 Å². The number of hydrogen-bond donors (Lipinski definition) is 2. The average Bonchev–Trinajstić information content (AvgIpc) is 2.74. The predicted octanol–water partition coefficient (Wildman–Crippen LogP) is 2.67. The van der Waals surface area contributed by atoms with Crippen LogP contribution in [0.25, 0.3) is 0 Å². The van der Waals surface area contributed by atoms with Crippen LogP contribution >= 0.6 is 12.2 Å². The molecule has 7 nitrogen and oxygen atoms in total. The van der Waals surface area contributed by atoms with Crippen LogP contribution < -0.4 is 15.4 Å². The maximum Gasteiger partial charge on any atom is 0.264 e. The minimum atomic E-state index is -0.369. The second-order valence-electron chi connectivity index (χ2n) is 7.02. The highest BCUT2D eigenvalue weighted by Gasteiger charge is 2.18. The Morgan fingerprint density at radius 3 is 2.60 bits per heavy atom. The third kappa shape index (κ3) is 6.01. The zero-order chi connectivity index (χ0) is 21.5. The van der Waals surface area contributed by atoms with E-state index in [4.69, 9.17) is 21.7 Å². The fourth-order valence-electron chi connectivity index (χ4n) is 2.96. The first-order valence-electron chi connectivity index (χ1n) is 9.70. The zero-order valence-electron chi connectivity index (χ0n) is 17.1. The van der Waals surface area contributed by atoms with Crippen LogP contribution in [0.2, 0.25) is 0 Å². The fourth-order valence-corrected chi connectivity index (χ4v) is 3.19. The van der Waals surface area contributed by atoms with E-state index in [1.807, 2.05) is 32.0 Å². The Kier molecular flexibility index (Phi) is 7.37. The number of carbonyl (C=O) groups is 2. The molecule has 0 aliphatic carbocycles. The van der Waals surface area contributed by atoms with Crippen molar-refractivity contribution in [1.82, 2.24) is 10.2 Å². The molecule has 1 aliphatic heterocycles. The van der Waals surface area contributed by atoms with Crippen molar-refractivity contribution < 1.29 is 19.1 Å². The number of thiocarbonyl (C=S) groups is 1. The van der Waals surface area contributed by atoms with E-state index in [0.717, 1.165) is 11.1 Å². The Hall–Kier alpha value is -2.97. The highest BCUT2D eigenvalue weighted by Crippen LogP contribution is 2.16. The van der Waals surface area contributed by atoms with Crippen molar-refractivity contribution in [3.8, 4) is 5.75 Å². The number of amides is 2. The summed E-state index contributed by atoms with van der Waals surface area (Å²) in [6, 6.07) is 12.7. The van der Waals surface area contributed by atoms with Crippen molar-refractivity contribution in [3.63, 3.8) is 0 Å². The molecule has 2 aromatic carbocycles. The third-order valence-corrected chi connectivity index (χ3v) is 4.97. The second-order valence-corrected chi connectivity index (χ2v) is 7.43. The van der Waals surface area contributed by atoms with Crippen LogP contribution in [0.1, 0.15) is 21.5 Å². The van der Waals surface area contributed by atoms with Gasteiger partial charge in [0, 0.05) is 24.3 Å². The first-order valence-corrected chi connectivity index (χ1v) is 10.1. The molecule has 158 valence electrons. The smallest absolute Gasteiger partial charge is 0.264 e. The van der Waals surface area contributed by atoms with Crippen LogP contribution in [-0.2, 0) is 9.53 Å². The molecule has 0 saturated carbocycles. The van der Waals surface area contributed by atoms with E-state index in [0.29, 0.717) is 43.3 Å². The van der Waals surface area contributed by atoms with Crippen molar-refractivity contribution in [1.29, 1.82) is 0 Å². The van der Waals surface area contributed by atoms with Gasteiger partial charge in [0.25, 0.3) is 11.8 Å². The van der Waals surface area contributed by atoms with E-state index in [1.165, 1.54) is 0 Å². The lowest BCUT2D eigenvalue weighted by molar-refractivity contribution is -0.121. The van der Waals surface area contributed by atoms with E-state index < -0.39 is 0 Å². The number of rotatable bonds is 5. The van der Waals surface area contributed by atoms with Gasteiger partial charge in [0.2, 0.25) is 0 Å². The summed E-state index contributed by atoms with van der Waals surface area (Å²) in [6.45, 7) is 6.09. The second kappa shape index (κ2) is 10.2. The van der Waals surface area contributed by atoms with Crippen LogP contribution in [0.15, 0.2) is 42.5 Å². The van der Waals surface area contributed by atoms with Gasteiger partial charge in [-0.2, -0.15) is 0 Å². The third-order valence-electron chi connectivity index (χ3n) is 4.77. The maximum absolute atomic E-state index is 12.6. The number of nitrogens with zero attached hydrogens (tertiary/aromatic N) is 1. The molecule has 1 fully saturated rings. The monoisotopic (exact) mass is 427 g/mol. The molecule has 0 radical (unpaired) electrons. The van der Waals surface area contributed by atoms with Crippen molar-refractivity contribution in [2.75, 3.05) is 38.2 Å². The van der Waals surface area contributed by atoms with Crippen LogP contribution in [0.3, 0.4) is 0 Å². The summed E-state index contributed by atoms with van der Waals surface area (Å²) in [5, 5.41) is 5.65. The molecule has 2 amide bonds. The standard InChI is InChI=1S/C22H25N3O4S/c1-15-6-7-19(12-16(15)2)29-14-20(26)24-22(30)23-18-5-3-4-17(13-18)21(27)25-8-10-28-11-9-25/h3-7,12-13H,8-11,14H2,1-2H3,(H2,23,24,26,30). The summed E-state index contributed by atoms with van der Waals surface area (Å²) >= 11 is 5.20. The molecule has 1 saturated heterocycles. The molecular weight excluding hydrogens is 402 g/mol. The molecule has 1 aliphatic rings. The Morgan fingerprint density at radius 2 is 1.87 bits per heavy atom. The van der Waals surface area contributed by atoms with Crippen LogP contribution in [0.5, 0.6) is 5.75 Å².